The van der Waals surface area contributed by atoms with Crippen LogP contribution >= 0.6 is 0 Å². The van der Waals surface area contributed by atoms with Gasteiger partial charge in [0.2, 0.25) is 17.7 Å². The number of carbonyl (C=O) groups excluding carboxylic acids is 5. The van der Waals surface area contributed by atoms with Crippen LogP contribution in [0.15, 0.2) is 85.1 Å². The highest BCUT2D eigenvalue weighted by atomic mass is 16.5. The van der Waals surface area contributed by atoms with Gasteiger partial charge in [0, 0.05) is 38.5 Å². The lowest BCUT2D eigenvalue weighted by Gasteiger charge is -2.41. The third-order valence-corrected chi connectivity index (χ3v) is 9.53. The molecule has 0 saturated carbocycles. The number of aromatic nitrogens is 3. The number of nitrogens with zero attached hydrogens (tertiary/aromatic N) is 3. The number of carbonyl (C=O) groups is 5. The van der Waals surface area contributed by atoms with E-state index in [1.807, 2.05) is 36.4 Å². The summed E-state index contributed by atoms with van der Waals surface area (Å²) in [4.78, 5) is 73.8. The molecule has 1 saturated heterocycles. The number of H-pyrrole nitrogens is 1. The summed E-state index contributed by atoms with van der Waals surface area (Å²) in [5.41, 5.74) is 0.617. The number of ether oxygens (including phenoxy) is 2. The molecule has 2 aromatic heterocycles. The zero-order valence-electron chi connectivity index (χ0n) is 30.5. The monoisotopic (exact) mass is 752 g/mol. The molecule has 6 N–H and O–H groups in total. The Hall–Kier alpha value is -6.29. The third-order valence-electron chi connectivity index (χ3n) is 9.53. The van der Waals surface area contributed by atoms with Gasteiger partial charge in [-0.15, -0.1) is 0 Å². The number of aliphatic hydroxyl groups excluding tert-OH is 1. The maximum atomic E-state index is 14.2. The molecule has 4 atom stereocenters. The number of benzene rings is 2. The molecule has 3 aliphatic heterocycles. The molecule has 7 rings (SSSR count). The summed E-state index contributed by atoms with van der Waals surface area (Å²) in [7, 11) is 0. The Labute approximate surface area is 317 Å². The summed E-state index contributed by atoms with van der Waals surface area (Å²) in [5, 5.41) is 28.5. The number of pyridine rings is 1. The first-order valence-electron chi connectivity index (χ1n) is 18.1. The van der Waals surface area contributed by atoms with E-state index >= 15 is 0 Å². The lowest BCUT2D eigenvalue weighted by molar-refractivity contribution is -0.145. The molecule has 3 aliphatic rings. The second-order valence-electron chi connectivity index (χ2n) is 13.6. The van der Waals surface area contributed by atoms with Gasteiger partial charge in [-0.2, -0.15) is 5.10 Å². The number of piperidine rings is 1. The Morgan fingerprint density at radius 3 is 2.29 bits per heavy atom. The van der Waals surface area contributed by atoms with E-state index in [4.69, 9.17) is 9.47 Å². The summed E-state index contributed by atoms with van der Waals surface area (Å²) in [5.74, 6) is -2.12. The topological polar surface area (TPSA) is 217 Å². The fourth-order valence-corrected chi connectivity index (χ4v) is 6.39. The highest BCUT2D eigenvalue weighted by Crippen LogP contribution is 2.31. The second kappa shape index (κ2) is 17.2. The van der Waals surface area contributed by atoms with Gasteiger partial charge in [0.25, 0.3) is 11.8 Å². The molecule has 0 aliphatic carbocycles. The van der Waals surface area contributed by atoms with Crippen LogP contribution in [0.4, 0.5) is 0 Å². The van der Waals surface area contributed by atoms with E-state index in [-0.39, 0.29) is 57.1 Å². The maximum absolute atomic E-state index is 14.2. The molecule has 1 unspecified atom stereocenters. The average molecular weight is 753 g/mol. The predicted octanol–water partition coefficient (Wildman–Crippen LogP) is 1.13. The molecule has 1 fully saturated rings. The van der Waals surface area contributed by atoms with Crippen molar-refractivity contribution in [3.8, 4) is 22.9 Å². The normalized spacial score (nSPS) is 21.6. The van der Waals surface area contributed by atoms with Crippen molar-refractivity contribution in [3.63, 3.8) is 0 Å². The first-order valence-corrected chi connectivity index (χ1v) is 18.1. The largest absolute Gasteiger partial charge is 0.492 e. The van der Waals surface area contributed by atoms with Crippen LogP contribution in [-0.4, -0.2) is 111 Å². The van der Waals surface area contributed by atoms with Crippen molar-refractivity contribution >= 4 is 29.5 Å². The molecule has 55 heavy (non-hydrogen) atoms. The van der Waals surface area contributed by atoms with E-state index in [0.29, 0.717) is 22.9 Å². The van der Waals surface area contributed by atoms with Gasteiger partial charge in [0.05, 0.1) is 18.3 Å². The number of fused-ring (bicyclic) bond motifs is 15. The van der Waals surface area contributed by atoms with E-state index in [1.165, 1.54) is 13.8 Å². The molecule has 5 heterocycles. The van der Waals surface area contributed by atoms with Gasteiger partial charge >= 0.3 is 0 Å². The lowest BCUT2D eigenvalue weighted by Crippen LogP contribution is -2.63. The minimum atomic E-state index is -1.56. The Bertz CT molecular complexity index is 1960. The van der Waals surface area contributed by atoms with E-state index in [2.05, 4.69) is 36.4 Å². The van der Waals surface area contributed by atoms with Crippen LogP contribution in [0.2, 0.25) is 0 Å². The highest BCUT2D eigenvalue weighted by Gasteiger charge is 2.47. The fraction of sp³-hybridized carbons (Fsp3) is 0.359. The first kappa shape index (κ1) is 38.4. The Balaban J connectivity index is 1.22. The smallest absolute Gasteiger partial charge is 0.271 e. The Morgan fingerprint density at radius 1 is 0.891 bits per heavy atom. The average Bonchev–Trinajstić information content (AvgIpc) is 3.69. The van der Waals surface area contributed by atoms with E-state index < -0.39 is 53.5 Å². The minimum absolute atomic E-state index is 0.0412. The summed E-state index contributed by atoms with van der Waals surface area (Å²) < 4.78 is 12.2. The number of hydrogen-bond donors (Lipinski definition) is 6. The van der Waals surface area contributed by atoms with Crippen LogP contribution in [0.5, 0.6) is 11.5 Å². The molecule has 0 radical (unpaired) electrons. The minimum Gasteiger partial charge on any atom is -0.492 e. The number of rotatable bonds is 5. The van der Waals surface area contributed by atoms with Gasteiger partial charge < -0.3 is 40.7 Å². The van der Waals surface area contributed by atoms with Gasteiger partial charge in [-0.1, -0.05) is 36.4 Å². The molecule has 16 nitrogen and oxygen atoms in total. The van der Waals surface area contributed by atoms with Crippen LogP contribution in [0.1, 0.15) is 42.7 Å². The lowest BCUT2D eigenvalue weighted by atomic mass is 9.89. The molecular formula is C39H44N8O8. The fourth-order valence-electron chi connectivity index (χ4n) is 6.39. The Morgan fingerprint density at radius 2 is 1.60 bits per heavy atom. The highest BCUT2D eigenvalue weighted by molar-refractivity contribution is 5.96. The number of nitrogens with one attached hydrogen (secondary N) is 5. The van der Waals surface area contributed by atoms with E-state index in [0.717, 1.165) is 5.56 Å². The van der Waals surface area contributed by atoms with Crippen molar-refractivity contribution < 1.29 is 38.6 Å². The molecule has 5 amide bonds. The van der Waals surface area contributed by atoms with Crippen molar-refractivity contribution in [2.45, 2.75) is 62.9 Å². The summed E-state index contributed by atoms with van der Waals surface area (Å²) >= 11 is 0. The standard InChI is InChI=1S/C39H44N8O8/c1-24-34(49)43-31(22-26-8-4-3-5-9-26)35(50)41-18-21-54-27-11-13-28(14-12-27)55-39(38(53)44-33(25(2)48)36(51)42-24)15-19-47(20-16-39)37(52)32-23-30(45-46-32)29-10-6-7-17-40-29/h3-14,17,23-25,31,33,48H,15-16,18-22H2,1-2H3,(H,41,50)(H,42,51)(H,43,49)(H,44,53)(H,45,46)/t24-,25+,31-,33?/m0/s1. The van der Waals surface area contributed by atoms with Crippen LogP contribution in [0.25, 0.3) is 11.4 Å². The zero-order chi connectivity index (χ0) is 39.0. The quantitative estimate of drug-likeness (QED) is 0.160. The van der Waals surface area contributed by atoms with Gasteiger partial charge in [0.15, 0.2) is 5.60 Å². The predicted molar refractivity (Wildman–Crippen MR) is 199 cm³/mol. The van der Waals surface area contributed by atoms with E-state index in [1.54, 1.807) is 53.6 Å². The van der Waals surface area contributed by atoms with Crippen molar-refractivity contribution in [2.75, 3.05) is 26.2 Å². The number of aromatic amines is 1. The Kier molecular flexibility index (Phi) is 12.0. The molecule has 4 aromatic rings. The summed E-state index contributed by atoms with van der Waals surface area (Å²) in [6.07, 6.45) is 0.525. The zero-order valence-corrected chi connectivity index (χ0v) is 30.5. The third kappa shape index (κ3) is 9.45. The molecule has 16 heteroatoms. The number of aliphatic hydroxyl groups is 1. The molecule has 2 bridgehead atoms. The van der Waals surface area contributed by atoms with Gasteiger partial charge in [0.1, 0.15) is 47.6 Å². The molecule has 1 spiro atoms. The van der Waals surface area contributed by atoms with E-state index in [9.17, 15) is 29.1 Å². The van der Waals surface area contributed by atoms with Crippen LogP contribution in [0, 0.1) is 0 Å². The van der Waals surface area contributed by atoms with Crippen molar-refractivity contribution in [3.05, 3.63) is 96.3 Å². The molecule has 288 valence electrons. The summed E-state index contributed by atoms with van der Waals surface area (Å²) in [6, 6.07) is 19.1. The van der Waals surface area contributed by atoms with Crippen molar-refractivity contribution in [1.29, 1.82) is 0 Å². The maximum Gasteiger partial charge on any atom is 0.271 e. The molecular weight excluding hydrogens is 708 g/mol. The SMILES string of the molecule is C[C@@H]1NC(=O)C([C@@H](C)O)NC(=O)C2(CCN(C(=O)c3cc(-c4ccccn4)n[nH]3)CC2)Oc2ccc(cc2)OCCNC(=O)[C@H](Cc2ccccc2)NC1=O. The summed E-state index contributed by atoms with van der Waals surface area (Å²) in [6.45, 7) is 3.27. The first-order chi connectivity index (χ1) is 26.5. The van der Waals surface area contributed by atoms with Crippen molar-refractivity contribution in [1.82, 2.24) is 41.3 Å². The number of amides is 5. The van der Waals surface area contributed by atoms with Gasteiger partial charge in [-0.25, -0.2) is 0 Å². The van der Waals surface area contributed by atoms with Crippen LogP contribution in [-0.2, 0) is 25.6 Å². The number of hydrogen-bond acceptors (Lipinski definition) is 10. The second-order valence-corrected chi connectivity index (χ2v) is 13.6. The molecule has 2 aromatic carbocycles. The van der Waals surface area contributed by atoms with Crippen molar-refractivity contribution in [2.24, 2.45) is 0 Å². The van der Waals surface area contributed by atoms with Gasteiger partial charge in [-0.3, -0.25) is 34.1 Å². The van der Waals surface area contributed by atoms with Crippen LogP contribution < -0.4 is 30.7 Å². The van der Waals surface area contributed by atoms with Gasteiger partial charge in [-0.05, 0) is 61.9 Å². The number of likely N-dealkylation sites (tertiary alicyclic amines) is 1. The van der Waals surface area contributed by atoms with Crippen LogP contribution in [0.3, 0.4) is 0 Å².